The molecule has 1 amide bonds. The molecule has 1 heterocycles. The first-order valence-corrected chi connectivity index (χ1v) is 9.62. The summed E-state index contributed by atoms with van der Waals surface area (Å²) in [5, 5.41) is 7.02. The monoisotopic (exact) mass is 477 g/mol. The fraction of sp³-hybridized carbons (Fsp3) is 0.143. The molecule has 6 nitrogen and oxygen atoms in total. The Morgan fingerprint density at radius 2 is 2.03 bits per heavy atom. The Morgan fingerprint density at radius 3 is 2.77 bits per heavy atom. The van der Waals surface area contributed by atoms with Crippen molar-refractivity contribution in [3.05, 3.63) is 76.4 Å². The Morgan fingerprint density at radius 1 is 1.23 bits per heavy atom. The number of halogens is 3. The molecule has 0 spiro atoms. The maximum absolute atomic E-state index is 12.4. The molecule has 30 heavy (non-hydrogen) atoms. The van der Waals surface area contributed by atoms with Gasteiger partial charge in [-0.25, -0.2) is 4.68 Å². The van der Waals surface area contributed by atoms with Crippen molar-refractivity contribution in [2.75, 3.05) is 12.4 Å². The largest absolute Gasteiger partial charge is 0.493 e. The van der Waals surface area contributed by atoms with Gasteiger partial charge in [0.05, 0.1) is 19.9 Å². The molecule has 0 saturated carbocycles. The highest BCUT2D eigenvalue weighted by molar-refractivity contribution is 9.10. The lowest BCUT2D eigenvalue weighted by molar-refractivity contribution is -0.111. The average Bonchev–Trinajstić information content (AvgIpc) is 3.15. The molecular weight excluding hydrogens is 460 g/mol. The van der Waals surface area contributed by atoms with Crippen molar-refractivity contribution in [1.29, 1.82) is 0 Å². The topological polar surface area (TPSA) is 65.4 Å². The van der Waals surface area contributed by atoms with Crippen LogP contribution < -0.4 is 14.8 Å². The number of carbonyl (C=O) groups is 1. The van der Waals surface area contributed by atoms with Crippen LogP contribution in [0.15, 0.2) is 65.3 Å². The van der Waals surface area contributed by atoms with E-state index in [0.717, 1.165) is 10.0 Å². The molecule has 1 N–H and O–H groups in total. The number of ether oxygens (including phenoxy) is 2. The van der Waals surface area contributed by atoms with Crippen LogP contribution in [0.5, 0.6) is 11.5 Å². The fourth-order valence-electron chi connectivity index (χ4n) is 2.67. The molecule has 0 radical (unpaired) electrons. The third kappa shape index (κ3) is 5.66. The normalized spacial score (nSPS) is 11.1. The van der Waals surface area contributed by atoms with Crippen LogP contribution in [0.4, 0.5) is 14.6 Å². The molecule has 9 heteroatoms. The highest BCUT2D eigenvalue weighted by Crippen LogP contribution is 2.29. The van der Waals surface area contributed by atoms with Gasteiger partial charge in [-0.2, -0.15) is 13.9 Å². The summed E-state index contributed by atoms with van der Waals surface area (Å²) in [6, 6.07) is 13.8. The SMILES string of the molecule is COc1cc(C=CC(=O)Nc2ccnn2Cc2ccccc2Br)ccc1OC(F)F. The molecule has 0 saturated heterocycles. The van der Waals surface area contributed by atoms with Crippen LogP contribution in [0.3, 0.4) is 0 Å². The highest BCUT2D eigenvalue weighted by Gasteiger charge is 2.11. The first-order chi connectivity index (χ1) is 14.5. The number of alkyl halides is 2. The summed E-state index contributed by atoms with van der Waals surface area (Å²) in [6.07, 6.45) is 4.47. The van der Waals surface area contributed by atoms with E-state index in [1.54, 1.807) is 29.1 Å². The second kappa shape index (κ2) is 10.0. The molecule has 0 atom stereocenters. The van der Waals surface area contributed by atoms with E-state index in [1.165, 1.54) is 25.3 Å². The fourth-order valence-corrected chi connectivity index (χ4v) is 3.08. The van der Waals surface area contributed by atoms with Crippen molar-refractivity contribution in [3.63, 3.8) is 0 Å². The van der Waals surface area contributed by atoms with E-state index < -0.39 is 6.61 Å². The predicted octanol–water partition coefficient (Wildman–Crippen LogP) is 4.96. The van der Waals surface area contributed by atoms with E-state index in [1.807, 2.05) is 24.3 Å². The molecule has 1 aromatic heterocycles. The van der Waals surface area contributed by atoms with Gasteiger partial charge in [-0.3, -0.25) is 4.79 Å². The third-order valence-electron chi connectivity index (χ3n) is 4.08. The van der Waals surface area contributed by atoms with Gasteiger partial charge in [0, 0.05) is 16.6 Å². The van der Waals surface area contributed by atoms with Crippen molar-refractivity contribution < 1.29 is 23.0 Å². The first-order valence-electron chi connectivity index (χ1n) is 8.83. The van der Waals surface area contributed by atoms with Crippen LogP contribution >= 0.6 is 15.9 Å². The molecule has 0 bridgehead atoms. The van der Waals surface area contributed by atoms with Crippen molar-refractivity contribution in [2.24, 2.45) is 0 Å². The number of anilines is 1. The predicted molar refractivity (Wildman–Crippen MR) is 113 cm³/mol. The van der Waals surface area contributed by atoms with Gasteiger partial charge in [-0.1, -0.05) is 40.2 Å². The molecule has 0 unspecified atom stereocenters. The van der Waals surface area contributed by atoms with Gasteiger partial charge in [-0.05, 0) is 35.4 Å². The molecule has 0 fully saturated rings. The number of methoxy groups -OCH3 is 1. The van der Waals surface area contributed by atoms with E-state index >= 15 is 0 Å². The van der Waals surface area contributed by atoms with Gasteiger partial charge in [0.2, 0.25) is 5.91 Å². The van der Waals surface area contributed by atoms with E-state index in [0.29, 0.717) is 17.9 Å². The minimum Gasteiger partial charge on any atom is -0.493 e. The molecule has 3 rings (SSSR count). The number of rotatable bonds is 8. The van der Waals surface area contributed by atoms with Gasteiger partial charge < -0.3 is 14.8 Å². The van der Waals surface area contributed by atoms with Gasteiger partial charge in [0.15, 0.2) is 11.5 Å². The summed E-state index contributed by atoms with van der Waals surface area (Å²) < 4.78 is 36.9. The van der Waals surface area contributed by atoms with Crippen LogP contribution in [0, 0.1) is 0 Å². The zero-order valence-corrected chi connectivity index (χ0v) is 17.5. The molecule has 156 valence electrons. The molecule has 2 aromatic carbocycles. The second-order valence-corrected chi connectivity index (χ2v) is 6.93. The molecule has 3 aromatic rings. The van der Waals surface area contributed by atoms with Gasteiger partial charge in [0.25, 0.3) is 0 Å². The van der Waals surface area contributed by atoms with Crippen LogP contribution in [-0.4, -0.2) is 29.4 Å². The van der Waals surface area contributed by atoms with E-state index in [4.69, 9.17) is 4.74 Å². The Labute approximate surface area is 180 Å². The summed E-state index contributed by atoms with van der Waals surface area (Å²) in [5.41, 5.74) is 1.61. The van der Waals surface area contributed by atoms with Gasteiger partial charge >= 0.3 is 6.61 Å². The maximum Gasteiger partial charge on any atom is 0.387 e. The Bertz CT molecular complexity index is 1050. The van der Waals surface area contributed by atoms with Crippen molar-refractivity contribution in [3.8, 4) is 11.5 Å². The maximum atomic E-state index is 12.4. The smallest absolute Gasteiger partial charge is 0.387 e. The standard InChI is InChI=1S/C21H18BrF2N3O3/c1-29-18-12-14(6-8-17(18)30-21(23)24)7-9-20(28)26-19-10-11-25-27(19)13-15-4-2-3-5-16(15)22/h2-12,21H,13H2,1H3,(H,26,28). The molecule has 0 aliphatic carbocycles. The van der Waals surface area contributed by atoms with Crippen LogP contribution in [0.1, 0.15) is 11.1 Å². The number of benzene rings is 2. The van der Waals surface area contributed by atoms with Crippen LogP contribution in [0.25, 0.3) is 6.08 Å². The zero-order valence-electron chi connectivity index (χ0n) is 15.9. The minimum atomic E-state index is -2.95. The van der Waals surface area contributed by atoms with Crippen LogP contribution in [0.2, 0.25) is 0 Å². The van der Waals surface area contributed by atoms with E-state index in [2.05, 4.69) is 31.1 Å². The van der Waals surface area contributed by atoms with Crippen molar-refractivity contribution in [1.82, 2.24) is 9.78 Å². The number of nitrogens with one attached hydrogen (secondary N) is 1. The highest BCUT2D eigenvalue weighted by atomic mass is 79.9. The summed E-state index contributed by atoms with van der Waals surface area (Å²) in [5.74, 6) is 0.240. The summed E-state index contributed by atoms with van der Waals surface area (Å²) in [7, 11) is 1.35. The average molecular weight is 478 g/mol. The number of nitrogens with zero attached hydrogens (tertiary/aromatic N) is 2. The van der Waals surface area contributed by atoms with Crippen LogP contribution in [-0.2, 0) is 11.3 Å². The second-order valence-electron chi connectivity index (χ2n) is 6.08. The summed E-state index contributed by atoms with van der Waals surface area (Å²) in [6.45, 7) is -2.47. The molecular formula is C21H18BrF2N3O3. The minimum absolute atomic E-state index is 0.0786. The summed E-state index contributed by atoms with van der Waals surface area (Å²) >= 11 is 3.50. The zero-order chi connectivity index (χ0) is 21.5. The third-order valence-corrected chi connectivity index (χ3v) is 4.85. The Balaban J connectivity index is 1.67. The quantitative estimate of drug-likeness (QED) is 0.465. The Kier molecular flexibility index (Phi) is 7.18. The number of aromatic nitrogens is 2. The van der Waals surface area contributed by atoms with E-state index in [-0.39, 0.29) is 17.4 Å². The van der Waals surface area contributed by atoms with Gasteiger partial charge in [-0.15, -0.1) is 0 Å². The van der Waals surface area contributed by atoms with Crippen molar-refractivity contribution in [2.45, 2.75) is 13.2 Å². The van der Waals surface area contributed by atoms with E-state index in [9.17, 15) is 13.6 Å². The lowest BCUT2D eigenvalue weighted by Gasteiger charge is -2.10. The first kappa shape index (κ1) is 21.5. The molecule has 0 aliphatic rings. The number of carbonyl (C=O) groups excluding carboxylic acids is 1. The Hall–Kier alpha value is -3.20. The number of hydrogen-bond donors (Lipinski definition) is 1. The summed E-state index contributed by atoms with van der Waals surface area (Å²) in [4.78, 5) is 12.3. The number of amides is 1. The lowest BCUT2D eigenvalue weighted by atomic mass is 10.2. The lowest BCUT2D eigenvalue weighted by Crippen LogP contribution is -2.14. The van der Waals surface area contributed by atoms with Gasteiger partial charge in [0.1, 0.15) is 5.82 Å². The number of hydrogen-bond acceptors (Lipinski definition) is 4. The van der Waals surface area contributed by atoms with Crippen molar-refractivity contribution >= 4 is 33.7 Å². The molecule has 0 aliphatic heterocycles.